The monoisotopic (exact) mass is 556 g/mol. The molecule has 0 aromatic heterocycles. The van der Waals surface area contributed by atoms with Crippen LogP contribution in [0.1, 0.15) is 64.2 Å². The molecule has 6 atom stereocenters. The normalized spacial score (nSPS) is 34.9. The summed E-state index contributed by atoms with van der Waals surface area (Å²) in [6, 6.07) is -0.487. The number of halogens is 1. The Hall–Kier alpha value is -1.06. The largest absolute Gasteiger partial charge is 0.481 e. The van der Waals surface area contributed by atoms with Crippen molar-refractivity contribution in [2.24, 2.45) is 11.8 Å². The minimum atomic E-state index is -0.937. The van der Waals surface area contributed by atoms with Crippen LogP contribution in [0.4, 0.5) is 0 Å². The fraction of sp³-hybridized carbons (Fsp3) is 0.800. The molecule has 34 heavy (non-hydrogen) atoms. The van der Waals surface area contributed by atoms with Crippen molar-refractivity contribution in [1.82, 2.24) is 9.80 Å². The molecule has 2 N–H and O–H groups in total. The van der Waals surface area contributed by atoms with Crippen LogP contribution >= 0.6 is 27.7 Å². The van der Waals surface area contributed by atoms with E-state index in [9.17, 15) is 19.5 Å². The smallest absolute Gasteiger partial charge is 0.308 e. The third-order valence-corrected chi connectivity index (χ3v) is 11.5. The predicted octanol–water partition coefficient (Wildman–Crippen LogP) is 3.44. The van der Waals surface area contributed by atoms with E-state index in [1.165, 1.54) is 6.42 Å². The number of carbonyl (C=O) groups is 3. The molecule has 4 aliphatic rings. The quantitative estimate of drug-likeness (QED) is 0.230. The van der Waals surface area contributed by atoms with Gasteiger partial charge in [0.15, 0.2) is 0 Å². The maximum absolute atomic E-state index is 14.3. The summed E-state index contributed by atoms with van der Waals surface area (Å²) in [5.74, 6) is -2.56. The molecule has 1 spiro atoms. The molecule has 3 saturated heterocycles. The first kappa shape index (κ1) is 26.0. The second-order valence-corrected chi connectivity index (χ2v) is 13.0. The summed E-state index contributed by atoms with van der Waals surface area (Å²) >= 11 is 5.27. The number of aliphatic hydroxyl groups is 1. The number of thioether (sulfide) groups is 1. The zero-order valence-corrected chi connectivity index (χ0v) is 22.1. The molecule has 7 nitrogen and oxygen atoms in total. The summed E-state index contributed by atoms with van der Waals surface area (Å²) in [5, 5.41) is 18.9. The number of carboxylic acids is 1. The molecule has 3 aliphatic heterocycles. The van der Waals surface area contributed by atoms with Crippen molar-refractivity contribution in [1.29, 1.82) is 0 Å². The van der Waals surface area contributed by atoms with Crippen LogP contribution in [0.25, 0.3) is 0 Å². The molecule has 4 fully saturated rings. The van der Waals surface area contributed by atoms with E-state index in [0.717, 1.165) is 51.4 Å². The van der Waals surface area contributed by atoms with Gasteiger partial charge in [-0.1, -0.05) is 54.1 Å². The summed E-state index contributed by atoms with van der Waals surface area (Å²) in [4.78, 5) is 44.0. The lowest BCUT2D eigenvalue weighted by Gasteiger charge is -2.41. The molecular weight excluding hydrogens is 520 g/mol. The van der Waals surface area contributed by atoms with Crippen molar-refractivity contribution in [3.8, 4) is 0 Å². The molecule has 3 unspecified atom stereocenters. The lowest BCUT2D eigenvalue weighted by molar-refractivity contribution is -0.148. The number of carboxylic acid groups (broad SMARTS) is 1. The fourth-order valence-corrected chi connectivity index (χ4v) is 10.4. The van der Waals surface area contributed by atoms with Gasteiger partial charge >= 0.3 is 5.97 Å². The molecule has 3 heterocycles. The molecule has 0 radical (unpaired) electrons. The van der Waals surface area contributed by atoms with Gasteiger partial charge in [0.1, 0.15) is 6.04 Å². The van der Waals surface area contributed by atoms with E-state index in [1.54, 1.807) is 22.7 Å². The summed E-state index contributed by atoms with van der Waals surface area (Å²) in [6.45, 7) is 4.95. The number of rotatable bonds is 11. The van der Waals surface area contributed by atoms with Gasteiger partial charge in [0, 0.05) is 35.8 Å². The third-order valence-electron chi connectivity index (χ3n) is 8.24. The van der Waals surface area contributed by atoms with Crippen molar-refractivity contribution in [3.63, 3.8) is 0 Å². The second-order valence-electron chi connectivity index (χ2n) is 10.2. The van der Waals surface area contributed by atoms with Crippen LogP contribution in [0.5, 0.6) is 0 Å². The fourth-order valence-electron chi connectivity index (χ4n) is 6.79. The molecule has 0 aromatic carbocycles. The van der Waals surface area contributed by atoms with Crippen molar-refractivity contribution in [3.05, 3.63) is 12.7 Å². The third kappa shape index (κ3) is 4.45. The van der Waals surface area contributed by atoms with Crippen LogP contribution in [0.3, 0.4) is 0 Å². The van der Waals surface area contributed by atoms with Gasteiger partial charge in [0.25, 0.3) is 0 Å². The first-order valence-electron chi connectivity index (χ1n) is 12.7. The average Bonchev–Trinajstić information content (AvgIpc) is 3.41. The molecule has 2 bridgehead atoms. The SMILES string of the molecule is C=CCN(C(=O)C1N(CCCCCCO)C(=O)[C@@H]2[C@H](C(=O)O)[C@H]3SC12CC3Br)C1CCCCC1. The van der Waals surface area contributed by atoms with Gasteiger partial charge in [0.05, 0.1) is 16.6 Å². The molecule has 4 rings (SSSR count). The van der Waals surface area contributed by atoms with E-state index in [0.29, 0.717) is 19.5 Å². The van der Waals surface area contributed by atoms with Crippen molar-refractivity contribution >= 4 is 45.5 Å². The molecule has 0 aromatic rings. The Morgan fingerprint density at radius 3 is 2.56 bits per heavy atom. The van der Waals surface area contributed by atoms with Crippen LogP contribution in [-0.2, 0) is 14.4 Å². The van der Waals surface area contributed by atoms with Crippen LogP contribution in [0, 0.1) is 11.8 Å². The number of hydrogen-bond donors (Lipinski definition) is 2. The first-order chi connectivity index (χ1) is 16.4. The zero-order chi connectivity index (χ0) is 24.5. The zero-order valence-electron chi connectivity index (χ0n) is 19.7. The topological polar surface area (TPSA) is 98.2 Å². The Kier molecular flexibility index (Phi) is 8.35. The van der Waals surface area contributed by atoms with Crippen LogP contribution < -0.4 is 0 Å². The number of aliphatic hydroxyl groups excluding tert-OH is 1. The number of alkyl halides is 1. The highest BCUT2D eigenvalue weighted by molar-refractivity contribution is 9.09. The van der Waals surface area contributed by atoms with Gasteiger partial charge < -0.3 is 20.0 Å². The molecular formula is C25H37BrN2O5S. The van der Waals surface area contributed by atoms with Crippen LogP contribution in [0.15, 0.2) is 12.7 Å². The van der Waals surface area contributed by atoms with Crippen molar-refractivity contribution in [2.75, 3.05) is 19.7 Å². The molecule has 9 heteroatoms. The highest BCUT2D eigenvalue weighted by Gasteiger charge is 2.76. The molecule has 190 valence electrons. The van der Waals surface area contributed by atoms with Crippen molar-refractivity contribution in [2.45, 2.75) is 91.1 Å². The number of hydrogen-bond acceptors (Lipinski definition) is 5. The lowest BCUT2D eigenvalue weighted by Crippen LogP contribution is -2.57. The minimum absolute atomic E-state index is 0.0232. The van der Waals surface area contributed by atoms with E-state index in [1.807, 2.05) is 4.90 Å². The highest BCUT2D eigenvalue weighted by atomic mass is 79.9. The number of carbonyl (C=O) groups excluding carboxylic acids is 2. The Morgan fingerprint density at radius 1 is 1.21 bits per heavy atom. The van der Waals surface area contributed by atoms with Crippen molar-refractivity contribution < 1.29 is 24.6 Å². The van der Waals surface area contributed by atoms with Gasteiger partial charge in [-0.15, -0.1) is 18.3 Å². The van der Waals surface area contributed by atoms with E-state index in [2.05, 4.69) is 22.5 Å². The summed E-state index contributed by atoms with van der Waals surface area (Å²) in [7, 11) is 0. The molecule has 1 saturated carbocycles. The maximum atomic E-state index is 14.3. The number of unbranched alkanes of at least 4 members (excludes halogenated alkanes) is 3. The summed E-state index contributed by atoms with van der Waals surface area (Å²) in [6.07, 6.45) is 10.9. The Bertz CT molecular complexity index is 806. The van der Waals surface area contributed by atoms with E-state index in [-0.39, 0.29) is 34.5 Å². The van der Waals surface area contributed by atoms with Gasteiger partial charge in [-0.2, -0.15) is 0 Å². The number of likely N-dealkylation sites (tertiary alicyclic amines) is 1. The second kappa shape index (κ2) is 10.9. The highest BCUT2D eigenvalue weighted by Crippen LogP contribution is 2.67. The standard InChI is InChI=1S/C25H37BrN2O5S/c1-2-12-27(16-10-6-5-7-11-16)23(31)21-25-15-17(26)20(34-25)18(24(32)33)19(25)22(30)28(21)13-8-3-4-9-14-29/h2,16-21,29H,1,3-15H2,(H,32,33)/t17?,18-,19-,20-,21?,25?/m0/s1. The van der Waals surface area contributed by atoms with Gasteiger partial charge in [-0.25, -0.2) is 0 Å². The van der Waals surface area contributed by atoms with E-state index in [4.69, 9.17) is 5.11 Å². The Labute approximate surface area is 214 Å². The predicted molar refractivity (Wildman–Crippen MR) is 136 cm³/mol. The Morgan fingerprint density at radius 2 is 1.91 bits per heavy atom. The van der Waals surface area contributed by atoms with E-state index >= 15 is 0 Å². The summed E-state index contributed by atoms with van der Waals surface area (Å²) in [5.41, 5.74) is 0. The van der Waals surface area contributed by atoms with Crippen LogP contribution in [-0.4, -0.2) is 84.4 Å². The molecule has 1 aliphatic carbocycles. The van der Waals surface area contributed by atoms with Crippen LogP contribution in [0.2, 0.25) is 0 Å². The number of fused-ring (bicyclic) bond motifs is 1. The van der Waals surface area contributed by atoms with Gasteiger partial charge in [-0.3, -0.25) is 14.4 Å². The van der Waals surface area contributed by atoms with Gasteiger partial charge in [-0.05, 0) is 32.1 Å². The maximum Gasteiger partial charge on any atom is 0.308 e. The summed E-state index contributed by atoms with van der Waals surface area (Å²) < 4.78 is -0.699. The number of aliphatic carboxylic acids is 1. The Balaban J connectivity index is 1.66. The van der Waals surface area contributed by atoms with E-state index < -0.39 is 28.6 Å². The minimum Gasteiger partial charge on any atom is -0.481 e. The average molecular weight is 558 g/mol. The first-order valence-corrected chi connectivity index (χ1v) is 14.5. The van der Waals surface area contributed by atoms with Gasteiger partial charge in [0.2, 0.25) is 11.8 Å². The number of amides is 2. The number of nitrogens with zero attached hydrogens (tertiary/aromatic N) is 2. The lowest BCUT2D eigenvalue weighted by atomic mass is 9.71. The molecule has 2 amide bonds.